The van der Waals surface area contributed by atoms with Crippen LogP contribution in [0.3, 0.4) is 0 Å². The summed E-state index contributed by atoms with van der Waals surface area (Å²) in [6.07, 6.45) is 0. The lowest BCUT2D eigenvalue weighted by Gasteiger charge is -2.08. The first-order valence-corrected chi connectivity index (χ1v) is 6.22. The van der Waals surface area contributed by atoms with E-state index in [0.29, 0.717) is 12.1 Å². The van der Waals surface area contributed by atoms with Gasteiger partial charge in [-0.25, -0.2) is 6.57 Å². The third-order valence-corrected chi connectivity index (χ3v) is 2.95. The quantitative estimate of drug-likeness (QED) is 0.501. The van der Waals surface area contributed by atoms with Gasteiger partial charge >= 0.3 is 0 Å². The Labute approximate surface area is 121 Å². The van der Waals surface area contributed by atoms with Gasteiger partial charge in [0.25, 0.3) is 5.69 Å². The number of nitro groups is 1. The van der Waals surface area contributed by atoms with Gasteiger partial charge in [0.2, 0.25) is 6.54 Å². The second-order valence-electron chi connectivity index (χ2n) is 4.44. The molecule has 6 nitrogen and oxygen atoms in total. The molecule has 2 aromatic rings. The van der Waals surface area contributed by atoms with Crippen LogP contribution in [-0.2, 0) is 13.1 Å². The van der Waals surface area contributed by atoms with Crippen LogP contribution in [0, 0.1) is 16.7 Å². The molecule has 2 N–H and O–H groups in total. The Morgan fingerprint density at radius 3 is 2.81 bits per heavy atom. The van der Waals surface area contributed by atoms with Gasteiger partial charge in [0.15, 0.2) is 0 Å². The van der Waals surface area contributed by atoms with Crippen LogP contribution in [0.5, 0.6) is 5.75 Å². The highest BCUT2D eigenvalue weighted by atomic mass is 16.6. The van der Waals surface area contributed by atoms with E-state index in [9.17, 15) is 15.2 Å². The lowest BCUT2D eigenvalue weighted by atomic mass is 10.1. The third kappa shape index (κ3) is 3.70. The van der Waals surface area contributed by atoms with Crippen molar-refractivity contribution in [2.45, 2.75) is 13.1 Å². The number of benzene rings is 2. The molecule has 0 unspecified atom stereocenters. The normalized spacial score (nSPS) is 9.86. The van der Waals surface area contributed by atoms with Crippen molar-refractivity contribution < 1.29 is 10.0 Å². The molecule has 0 heterocycles. The molecule has 0 amide bonds. The Hall–Kier alpha value is -3.07. The van der Waals surface area contributed by atoms with E-state index in [2.05, 4.69) is 10.2 Å². The Bertz CT molecular complexity index is 708. The zero-order valence-corrected chi connectivity index (χ0v) is 11.1. The number of rotatable bonds is 5. The molecule has 2 rings (SSSR count). The summed E-state index contributed by atoms with van der Waals surface area (Å²) in [7, 11) is 0. The maximum Gasteiger partial charge on any atom is 0.270 e. The molecule has 0 bridgehead atoms. The van der Waals surface area contributed by atoms with E-state index in [-0.39, 0.29) is 18.0 Å². The van der Waals surface area contributed by atoms with Crippen molar-refractivity contribution in [2.75, 3.05) is 5.32 Å². The second-order valence-corrected chi connectivity index (χ2v) is 4.44. The maximum absolute atomic E-state index is 10.7. The molecule has 6 heteroatoms. The van der Waals surface area contributed by atoms with Crippen molar-refractivity contribution >= 4 is 11.4 Å². The van der Waals surface area contributed by atoms with Crippen molar-refractivity contribution in [1.82, 2.24) is 0 Å². The van der Waals surface area contributed by atoms with Gasteiger partial charge in [0.05, 0.1) is 4.92 Å². The Morgan fingerprint density at radius 2 is 2.10 bits per heavy atom. The highest BCUT2D eigenvalue weighted by Gasteiger charge is 2.10. The predicted octanol–water partition coefficient (Wildman–Crippen LogP) is 3.33. The van der Waals surface area contributed by atoms with Crippen molar-refractivity contribution in [3.05, 3.63) is 75.1 Å². The van der Waals surface area contributed by atoms with Gasteiger partial charge in [-0.1, -0.05) is 12.1 Å². The van der Waals surface area contributed by atoms with E-state index in [4.69, 9.17) is 6.57 Å². The minimum atomic E-state index is -0.501. The highest BCUT2D eigenvalue weighted by molar-refractivity contribution is 5.49. The first-order valence-electron chi connectivity index (χ1n) is 6.22. The molecule has 0 saturated carbocycles. The number of nitro benzene ring substituents is 1. The lowest BCUT2D eigenvalue weighted by molar-refractivity contribution is -0.384. The summed E-state index contributed by atoms with van der Waals surface area (Å²) in [5.74, 6) is 0.00501. The number of phenolic OH excluding ortho intramolecular Hbond substituents is 1. The van der Waals surface area contributed by atoms with Crippen molar-refractivity contribution in [2.24, 2.45) is 0 Å². The number of anilines is 1. The van der Waals surface area contributed by atoms with Crippen LogP contribution >= 0.6 is 0 Å². The van der Waals surface area contributed by atoms with Gasteiger partial charge < -0.3 is 15.3 Å². The largest absolute Gasteiger partial charge is 0.508 e. The smallest absolute Gasteiger partial charge is 0.270 e. The van der Waals surface area contributed by atoms with Crippen LogP contribution in [0.15, 0.2) is 42.5 Å². The number of nitrogens with one attached hydrogen (secondary N) is 1. The highest BCUT2D eigenvalue weighted by Crippen LogP contribution is 2.24. The summed E-state index contributed by atoms with van der Waals surface area (Å²) in [6, 6.07) is 11.3. The molecule has 0 fully saturated rings. The zero-order valence-electron chi connectivity index (χ0n) is 11.1. The monoisotopic (exact) mass is 283 g/mol. The van der Waals surface area contributed by atoms with E-state index in [1.54, 1.807) is 0 Å². The number of hydrogen-bond donors (Lipinski definition) is 2. The van der Waals surface area contributed by atoms with Crippen LogP contribution in [0.4, 0.5) is 11.4 Å². The van der Waals surface area contributed by atoms with Crippen LogP contribution in [0.1, 0.15) is 11.1 Å². The summed E-state index contributed by atoms with van der Waals surface area (Å²) < 4.78 is 0. The topological polar surface area (TPSA) is 79.8 Å². The van der Waals surface area contributed by atoms with Gasteiger partial charge in [-0.3, -0.25) is 10.1 Å². The van der Waals surface area contributed by atoms with Crippen molar-refractivity contribution in [1.29, 1.82) is 0 Å². The molecule has 0 aromatic heterocycles. The van der Waals surface area contributed by atoms with Crippen LogP contribution in [0.25, 0.3) is 4.85 Å². The molecular formula is C15H13N3O3. The third-order valence-electron chi connectivity index (χ3n) is 2.95. The van der Waals surface area contributed by atoms with Crippen LogP contribution in [-0.4, -0.2) is 10.0 Å². The van der Waals surface area contributed by atoms with E-state index in [1.165, 1.54) is 18.2 Å². The van der Waals surface area contributed by atoms with Crippen molar-refractivity contribution in [3.63, 3.8) is 0 Å². The van der Waals surface area contributed by atoms with Crippen molar-refractivity contribution in [3.8, 4) is 5.75 Å². The number of nitrogens with zero attached hydrogens (tertiary/aromatic N) is 2. The summed E-state index contributed by atoms with van der Waals surface area (Å²) in [4.78, 5) is 13.5. The minimum absolute atomic E-state index is 0.00501. The molecule has 0 aliphatic carbocycles. The summed E-state index contributed by atoms with van der Waals surface area (Å²) in [5.41, 5.74) is 2.06. The van der Waals surface area contributed by atoms with Gasteiger partial charge in [-0.05, 0) is 18.2 Å². The average molecular weight is 283 g/mol. The molecule has 2 aromatic carbocycles. The van der Waals surface area contributed by atoms with Gasteiger partial charge in [-0.2, -0.15) is 0 Å². The number of aromatic hydroxyl groups is 1. The van der Waals surface area contributed by atoms with Crippen LogP contribution < -0.4 is 5.32 Å². The SMILES string of the molecule is [C-]#[N+]Cc1cccc(NCc2cc([N+](=O)[O-])ccc2O)c1. The molecule has 21 heavy (non-hydrogen) atoms. The lowest BCUT2D eigenvalue weighted by Crippen LogP contribution is -2.01. The van der Waals surface area contributed by atoms with Gasteiger partial charge in [-0.15, -0.1) is 0 Å². The van der Waals surface area contributed by atoms with Crippen LogP contribution in [0.2, 0.25) is 0 Å². The Morgan fingerprint density at radius 1 is 1.29 bits per heavy atom. The fraction of sp³-hybridized carbons (Fsp3) is 0.133. The first kappa shape index (κ1) is 14.3. The van der Waals surface area contributed by atoms with E-state index >= 15 is 0 Å². The van der Waals surface area contributed by atoms with Gasteiger partial charge in [0, 0.05) is 35.5 Å². The second kappa shape index (κ2) is 6.39. The summed E-state index contributed by atoms with van der Waals surface area (Å²) >= 11 is 0. The summed E-state index contributed by atoms with van der Waals surface area (Å²) in [6.45, 7) is 7.41. The molecule has 106 valence electrons. The molecular weight excluding hydrogens is 270 g/mol. The predicted molar refractivity (Wildman–Crippen MR) is 78.8 cm³/mol. The first-order chi connectivity index (χ1) is 10.1. The van der Waals surface area contributed by atoms with E-state index in [0.717, 1.165) is 11.3 Å². The average Bonchev–Trinajstić information content (AvgIpc) is 2.47. The molecule has 0 atom stereocenters. The standard InChI is InChI=1S/C15H13N3O3/c1-16-9-11-3-2-4-13(7-11)17-10-12-8-14(18(20)21)5-6-15(12)19/h2-8,17,19H,9-10H2. The molecule has 0 aliphatic heterocycles. The molecule has 0 aliphatic rings. The molecule has 0 spiro atoms. The summed E-state index contributed by atoms with van der Waals surface area (Å²) in [5, 5.41) is 23.5. The Balaban J connectivity index is 2.13. The maximum atomic E-state index is 10.7. The fourth-order valence-corrected chi connectivity index (χ4v) is 1.90. The van der Waals surface area contributed by atoms with Gasteiger partial charge in [0.1, 0.15) is 5.75 Å². The number of hydrogen-bond acceptors (Lipinski definition) is 4. The fourth-order valence-electron chi connectivity index (χ4n) is 1.90. The molecule has 0 saturated heterocycles. The number of non-ortho nitro benzene ring substituents is 1. The van der Waals surface area contributed by atoms with E-state index in [1.807, 2.05) is 24.3 Å². The number of phenols is 1. The molecule has 0 radical (unpaired) electrons. The minimum Gasteiger partial charge on any atom is -0.508 e. The Kier molecular flexibility index (Phi) is 4.36. The zero-order chi connectivity index (χ0) is 15.2. The van der Waals surface area contributed by atoms with E-state index < -0.39 is 4.92 Å².